The summed E-state index contributed by atoms with van der Waals surface area (Å²) in [6.45, 7) is 6.58. The van der Waals surface area contributed by atoms with Crippen LogP contribution in [0.4, 0.5) is 4.79 Å². The van der Waals surface area contributed by atoms with Gasteiger partial charge >= 0.3 is 6.03 Å². The third kappa shape index (κ3) is 4.79. The monoisotopic (exact) mass is 419 g/mol. The summed E-state index contributed by atoms with van der Waals surface area (Å²) in [5.74, 6) is 0. The molecule has 3 rings (SSSR count). The number of sulfonamides is 1. The Balaban J connectivity index is 1.52. The third-order valence-electron chi connectivity index (χ3n) is 5.54. The standard InChI is InChI=1S/C20H29N5O3S/c1-14-5-7-18(8-6-14)29(27,28)25-11-9-17(10-12-25)23-20(26)22-15(2)19-13-21-24(4)16(19)3/h5-8,13,15,17H,9-12H2,1-4H3,(H2,22,23,26). The molecule has 1 fully saturated rings. The Morgan fingerprint density at radius 3 is 2.34 bits per heavy atom. The highest BCUT2D eigenvalue weighted by atomic mass is 32.2. The highest BCUT2D eigenvalue weighted by Crippen LogP contribution is 2.21. The molecule has 0 bridgehead atoms. The molecule has 1 aromatic carbocycles. The number of benzene rings is 1. The van der Waals surface area contributed by atoms with Gasteiger partial charge in [-0.05, 0) is 45.7 Å². The van der Waals surface area contributed by atoms with E-state index in [1.807, 2.05) is 27.8 Å². The van der Waals surface area contributed by atoms with Crippen LogP contribution in [0.25, 0.3) is 0 Å². The molecule has 29 heavy (non-hydrogen) atoms. The molecule has 2 amide bonds. The Hall–Kier alpha value is -2.39. The Kier molecular flexibility index (Phi) is 6.28. The van der Waals surface area contributed by atoms with Crippen molar-refractivity contribution in [2.75, 3.05) is 13.1 Å². The van der Waals surface area contributed by atoms with Crippen molar-refractivity contribution in [3.05, 3.63) is 47.3 Å². The predicted molar refractivity (Wildman–Crippen MR) is 111 cm³/mol. The van der Waals surface area contributed by atoms with E-state index in [4.69, 9.17) is 0 Å². The summed E-state index contributed by atoms with van der Waals surface area (Å²) in [5.41, 5.74) is 3.00. The van der Waals surface area contributed by atoms with Gasteiger partial charge in [0.15, 0.2) is 0 Å². The molecule has 0 radical (unpaired) electrons. The van der Waals surface area contributed by atoms with Crippen molar-refractivity contribution in [1.82, 2.24) is 24.7 Å². The molecular formula is C20H29N5O3S. The zero-order chi connectivity index (χ0) is 21.2. The summed E-state index contributed by atoms with van der Waals surface area (Å²) < 4.78 is 28.8. The van der Waals surface area contributed by atoms with Gasteiger partial charge in [-0.25, -0.2) is 13.2 Å². The Labute approximate surface area is 172 Å². The first-order valence-electron chi connectivity index (χ1n) is 9.81. The van der Waals surface area contributed by atoms with Crippen LogP contribution < -0.4 is 10.6 Å². The smallest absolute Gasteiger partial charge is 0.315 e. The number of rotatable bonds is 5. The number of carbonyl (C=O) groups excluding carboxylic acids is 1. The number of hydrogen-bond acceptors (Lipinski definition) is 4. The van der Waals surface area contributed by atoms with Crippen LogP contribution in [0.1, 0.15) is 42.6 Å². The van der Waals surface area contributed by atoms with Gasteiger partial charge in [0.25, 0.3) is 0 Å². The maximum atomic E-state index is 12.8. The number of aryl methyl sites for hydroxylation is 2. The minimum atomic E-state index is -3.49. The normalized spacial score (nSPS) is 17.1. The SMILES string of the molecule is Cc1ccc(S(=O)(=O)N2CCC(NC(=O)NC(C)c3cnn(C)c3C)CC2)cc1. The molecule has 0 spiro atoms. The van der Waals surface area contributed by atoms with Gasteiger partial charge in [-0.3, -0.25) is 4.68 Å². The first kappa shape index (κ1) is 21.3. The maximum absolute atomic E-state index is 12.8. The van der Waals surface area contributed by atoms with Crippen LogP contribution in [0.5, 0.6) is 0 Å². The summed E-state index contributed by atoms with van der Waals surface area (Å²) in [7, 11) is -1.63. The van der Waals surface area contributed by atoms with Crippen molar-refractivity contribution in [2.45, 2.75) is 50.6 Å². The van der Waals surface area contributed by atoms with Crippen LogP contribution in [0.3, 0.4) is 0 Å². The molecule has 1 unspecified atom stereocenters. The Morgan fingerprint density at radius 2 is 1.79 bits per heavy atom. The number of amides is 2. The molecule has 2 N–H and O–H groups in total. The molecule has 2 aromatic rings. The Bertz CT molecular complexity index is 961. The number of urea groups is 1. The van der Waals surface area contributed by atoms with Crippen LogP contribution in [-0.2, 0) is 17.1 Å². The highest BCUT2D eigenvalue weighted by Gasteiger charge is 2.30. The zero-order valence-electron chi connectivity index (χ0n) is 17.3. The fourth-order valence-electron chi connectivity index (χ4n) is 3.54. The zero-order valence-corrected chi connectivity index (χ0v) is 18.2. The maximum Gasteiger partial charge on any atom is 0.315 e. The van der Waals surface area contributed by atoms with E-state index in [0.29, 0.717) is 30.8 Å². The lowest BCUT2D eigenvalue weighted by Gasteiger charge is -2.32. The number of carbonyl (C=O) groups is 1. The number of nitrogens with zero attached hydrogens (tertiary/aromatic N) is 3. The third-order valence-corrected chi connectivity index (χ3v) is 7.45. The molecule has 1 aliphatic heterocycles. The van der Waals surface area contributed by atoms with Gasteiger partial charge in [0.05, 0.1) is 17.1 Å². The molecule has 8 nitrogen and oxygen atoms in total. The van der Waals surface area contributed by atoms with Crippen LogP contribution >= 0.6 is 0 Å². The molecule has 9 heteroatoms. The molecule has 158 valence electrons. The average Bonchev–Trinajstić information content (AvgIpc) is 3.01. The number of hydrogen-bond donors (Lipinski definition) is 2. The first-order valence-corrected chi connectivity index (χ1v) is 11.2. The van der Waals surface area contributed by atoms with E-state index < -0.39 is 10.0 Å². The lowest BCUT2D eigenvalue weighted by Crippen LogP contribution is -2.49. The van der Waals surface area contributed by atoms with Crippen LogP contribution in [0.15, 0.2) is 35.4 Å². The van der Waals surface area contributed by atoms with Crippen LogP contribution in [-0.4, -0.2) is 47.7 Å². The average molecular weight is 420 g/mol. The van der Waals surface area contributed by atoms with E-state index in [1.54, 1.807) is 35.1 Å². The molecule has 1 saturated heterocycles. The summed E-state index contributed by atoms with van der Waals surface area (Å²) in [6.07, 6.45) is 2.92. The van der Waals surface area contributed by atoms with Crippen molar-refractivity contribution in [3.8, 4) is 0 Å². The second-order valence-electron chi connectivity index (χ2n) is 7.64. The number of aromatic nitrogens is 2. The van der Waals surface area contributed by atoms with E-state index in [1.165, 1.54) is 4.31 Å². The summed E-state index contributed by atoms with van der Waals surface area (Å²) >= 11 is 0. The fourth-order valence-corrected chi connectivity index (χ4v) is 5.01. The van der Waals surface area contributed by atoms with Crippen molar-refractivity contribution >= 4 is 16.1 Å². The molecule has 0 saturated carbocycles. The van der Waals surface area contributed by atoms with Gasteiger partial charge < -0.3 is 10.6 Å². The predicted octanol–water partition coefficient (Wildman–Crippen LogP) is 2.25. The fraction of sp³-hybridized carbons (Fsp3) is 0.500. The van der Waals surface area contributed by atoms with E-state index >= 15 is 0 Å². The molecule has 0 aliphatic carbocycles. The molecule has 1 aliphatic rings. The second-order valence-corrected chi connectivity index (χ2v) is 9.58. The Morgan fingerprint density at radius 1 is 1.17 bits per heavy atom. The van der Waals surface area contributed by atoms with Gasteiger partial charge in [0.1, 0.15) is 0 Å². The van der Waals surface area contributed by atoms with Crippen molar-refractivity contribution in [2.24, 2.45) is 7.05 Å². The lowest BCUT2D eigenvalue weighted by molar-refractivity contribution is 0.225. The van der Waals surface area contributed by atoms with Crippen LogP contribution in [0.2, 0.25) is 0 Å². The van der Waals surface area contributed by atoms with Gasteiger partial charge in [0, 0.05) is 37.4 Å². The first-order chi connectivity index (χ1) is 13.7. The van der Waals surface area contributed by atoms with E-state index in [0.717, 1.165) is 16.8 Å². The minimum Gasteiger partial charge on any atom is -0.335 e. The summed E-state index contributed by atoms with van der Waals surface area (Å²) in [4.78, 5) is 12.7. The number of piperidine rings is 1. The summed E-state index contributed by atoms with van der Waals surface area (Å²) in [5, 5.41) is 10.1. The highest BCUT2D eigenvalue weighted by molar-refractivity contribution is 7.89. The van der Waals surface area contributed by atoms with Crippen LogP contribution in [0, 0.1) is 13.8 Å². The van der Waals surface area contributed by atoms with E-state index in [-0.39, 0.29) is 18.1 Å². The quantitative estimate of drug-likeness (QED) is 0.777. The van der Waals surface area contributed by atoms with Crippen molar-refractivity contribution in [3.63, 3.8) is 0 Å². The minimum absolute atomic E-state index is 0.0540. The molecule has 1 aromatic heterocycles. The van der Waals surface area contributed by atoms with Gasteiger partial charge in [-0.1, -0.05) is 17.7 Å². The molecular weight excluding hydrogens is 390 g/mol. The van der Waals surface area contributed by atoms with Gasteiger partial charge in [0.2, 0.25) is 10.0 Å². The second kappa shape index (κ2) is 8.54. The topological polar surface area (TPSA) is 96.3 Å². The molecule has 2 heterocycles. The largest absolute Gasteiger partial charge is 0.335 e. The van der Waals surface area contributed by atoms with Crippen molar-refractivity contribution in [1.29, 1.82) is 0 Å². The van der Waals surface area contributed by atoms with E-state index in [2.05, 4.69) is 15.7 Å². The van der Waals surface area contributed by atoms with Gasteiger partial charge in [-0.15, -0.1) is 0 Å². The molecule has 1 atom stereocenters. The summed E-state index contributed by atoms with van der Waals surface area (Å²) in [6, 6.07) is 6.43. The van der Waals surface area contributed by atoms with Gasteiger partial charge in [-0.2, -0.15) is 9.40 Å². The lowest BCUT2D eigenvalue weighted by atomic mass is 10.1. The number of nitrogens with one attached hydrogen (secondary N) is 2. The van der Waals surface area contributed by atoms with E-state index in [9.17, 15) is 13.2 Å². The van der Waals surface area contributed by atoms with Crippen molar-refractivity contribution < 1.29 is 13.2 Å².